The number of rotatable bonds is 5. The molecule has 4 heteroatoms. The lowest BCUT2D eigenvalue weighted by Gasteiger charge is -2.25. The van der Waals surface area contributed by atoms with Crippen molar-refractivity contribution in [3.63, 3.8) is 0 Å². The largest absolute Gasteiger partial charge is 0.462 e. The highest BCUT2D eigenvalue weighted by atomic mass is 35.5. The van der Waals surface area contributed by atoms with Crippen molar-refractivity contribution >= 4 is 23.3 Å². The molecule has 102 valence electrons. The van der Waals surface area contributed by atoms with E-state index in [-0.39, 0.29) is 18.5 Å². The van der Waals surface area contributed by atoms with Crippen molar-refractivity contribution < 1.29 is 9.53 Å². The lowest BCUT2D eigenvalue weighted by atomic mass is 9.96. The number of esters is 1. The number of ether oxygens (including phenoxy) is 1. The second-order valence-electron chi connectivity index (χ2n) is 4.99. The lowest BCUT2D eigenvalue weighted by Crippen LogP contribution is -2.25. The highest BCUT2D eigenvalue weighted by molar-refractivity contribution is 6.31. The molecule has 2 rings (SSSR count). The Morgan fingerprint density at radius 2 is 2.16 bits per heavy atom. The van der Waals surface area contributed by atoms with Crippen molar-refractivity contribution in [2.24, 2.45) is 0 Å². The van der Waals surface area contributed by atoms with Gasteiger partial charge in [0.05, 0.1) is 6.42 Å². The van der Waals surface area contributed by atoms with E-state index in [0.717, 1.165) is 30.4 Å². The van der Waals surface area contributed by atoms with E-state index in [1.54, 1.807) is 6.07 Å². The average Bonchev–Trinajstić information content (AvgIpc) is 2.34. The van der Waals surface area contributed by atoms with Crippen LogP contribution in [0, 0.1) is 12.3 Å². The number of benzene rings is 1. The molecule has 0 spiro atoms. The fourth-order valence-corrected chi connectivity index (χ4v) is 2.05. The summed E-state index contributed by atoms with van der Waals surface area (Å²) in [6.45, 7) is 1.91. The van der Waals surface area contributed by atoms with Crippen molar-refractivity contribution in [2.75, 3.05) is 0 Å². The average molecular weight is 280 g/mol. The SMILES string of the molecule is Cc1cc(C(=N)CCC(=O)OC2CCC2)ccc1Cl. The van der Waals surface area contributed by atoms with Gasteiger partial charge in [0, 0.05) is 10.7 Å². The Kier molecular flexibility index (Phi) is 4.59. The van der Waals surface area contributed by atoms with E-state index in [4.69, 9.17) is 21.7 Å². The molecule has 0 aliphatic heterocycles. The zero-order valence-corrected chi connectivity index (χ0v) is 11.8. The molecule has 19 heavy (non-hydrogen) atoms. The highest BCUT2D eigenvalue weighted by Gasteiger charge is 2.21. The van der Waals surface area contributed by atoms with Gasteiger partial charge in [-0.2, -0.15) is 0 Å². The Labute approximate surface area is 118 Å². The summed E-state index contributed by atoms with van der Waals surface area (Å²) in [7, 11) is 0. The molecule has 1 N–H and O–H groups in total. The normalized spacial score (nSPS) is 14.8. The number of aryl methyl sites for hydroxylation is 1. The summed E-state index contributed by atoms with van der Waals surface area (Å²) in [5.74, 6) is -0.194. The lowest BCUT2D eigenvalue weighted by molar-refractivity contribution is -0.152. The van der Waals surface area contributed by atoms with Crippen LogP contribution in [0.15, 0.2) is 18.2 Å². The molecular weight excluding hydrogens is 262 g/mol. The standard InChI is InChI=1S/C15H18ClNO2/c1-10-9-11(5-6-13(10)16)14(17)7-8-15(18)19-12-3-2-4-12/h5-6,9,12,17H,2-4,7-8H2,1H3. The fourth-order valence-electron chi connectivity index (χ4n) is 1.94. The van der Waals surface area contributed by atoms with Crippen LogP contribution in [-0.2, 0) is 9.53 Å². The number of carbonyl (C=O) groups is 1. The van der Waals surface area contributed by atoms with Crippen molar-refractivity contribution in [1.82, 2.24) is 0 Å². The van der Waals surface area contributed by atoms with Crippen LogP contribution in [0.4, 0.5) is 0 Å². The zero-order valence-electron chi connectivity index (χ0n) is 11.0. The van der Waals surface area contributed by atoms with Crippen molar-refractivity contribution in [3.05, 3.63) is 34.3 Å². The number of carbonyl (C=O) groups excluding carboxylic acids is 1. The number of halogens is 1. The van der Waals surface area contributed by atoms with E-state index in [2.05, 4.69) is 0 Å². The Morgan fingerprint density at radius 3 is 2.74 bits per heavy atom. The van der Waals surface area contributed by atoms with Gasteiger partial charge in [0.25, 0.3) is 0 Å². The van der Waals surface area contributed by atoms with Gasteiger partial charge in [-0.25, -0.2) is 0 Å². The van der Waals surface area contributed by atoms with Gasteiger partial charge in [-0.05, 0) is 55.9 Å². The predicted octanol–water partition coefficient (Wildman–Crippen LogP) is 3.89. The Bertz CT molecular complexity index is 495. The van der Waals surface area contributed by atoms with E-state index in [1.165, 1.54) is 0 Å². The first-order valence-corrected chi connectivity index (χ1v) is 6.97. The van der Waals surface area contributed by atoms with Crippen LogP contribution >= 0.6 is 11.6 Å². The van der Waals surface area contributed by atoms with E-state index in [1.807, 2.05) is 19.1 Å². The quantitative estimate of drug-likeness (QED) is 0.656. The maximum Gasteiger partial charge on any atom is 0.306 e. The molecule has 0 amide bonds. The molecule has 1 aromatic rings. The summed E-state index contributed by atoms with van der Waals surface area (Å²) in [5.41, 5.74) is 2.21. The van der Waals surface area contributed by atoms with Gasteiger partial charge in [0.2, 0.25) is 0 Å². The molecule has 1 aromatic carbocycles. The topological polar surface area (TPSA) is 50.2 Å². The molecular formula is C15H18ClNO2. The van der Waals surface area contributed by atoms with Crippen LogP contribution < -0.4 is 0 Å². The van der Waals surface area contributed by atoms with Crippen molar-refractivity contribution in [3.8, 4) is 0 Å². The summed E-state index contributed by atoms with van der Waals surface area (Å²) in [6, 6.07) is 5.48. The molecule has 0 unspecified atom stereocenters. The van der Waals surface area contributed by atoms with Crippen LogP contribution in [0.25, 0.3) is 0 Å². The monoisotopic (exact) mass is 279 g/mol. The molecule has 0 bridgehead atoms. The minimum atomic E-state index is -0.194. The first kappa shape index (κ1) is 14.1. The summed E-state index contributed by atoms with van der Waals surface area (Å²) < 4.78 is 5.26. The van der Waals surface area contributed by atoms with Gasteiger partial charge in [0.1, 0.15) is 6.10 Å². The molecule has 0 heterocycles. The smallest absolute Gasteiger partial charge is 0.306 e. The molecule has 0 saturated heterocycles. The van der Waals surface area contributed by atoms with Crippen LogP contribution in [0.2, 0.25) is 5.02 Å². The molecule has 3 nitrogen and oxygen atoms in total. The summed E-state index contributed by atoms with van der Waals surface area (Å²) in [4.78, 5) is 11.6. The maximum absolute atomic E-state index is 11.6. The van der Waals surface area contributed by atoms with Crippen molar-refractivity contribution in [1.29, 1.82) is 5.41 Å². The van der Waals surface area contributed by atoms with Gasteiger partial charge in [0.15, 0.2) is 0 Å². The van der Waals surface area contributed by atoms with Crippen LogP contribution in [0.1, 0.15) is 43.2 Å². The fraction of sp³-hybridized carbons (Fsp3) is 0.467. The maximum atomic E-state index is 11.6. The Balaban J connectivity index is 1.82. The van der Waals surface area contributed by atoms with Gasteiger partial charge in [-0.1, -0.05) is 17.7 Å². The molecule has 1 saturated carbocycles. The Morgan fingerprint density at radius 1 is 1.42 bits per heavy atom. The van der Waals surface area contributed by atoms with Gasteiger partial charge < -0.3 is 10.1 Å². The number of nitrogens with one attached hydrogen (secondary N) is 1. The van der Waals surface area contributed by atoms with E-state index >= 15 is 0 Å². The third-order valence-corrected chi connectivity index (χ3v) is 3.86. The second-order valence-corrected chi connectivity index (χ2v) is 5.39. The van der Waals surface area contributed by atoms with E-state index in [0.29, 0.717) is 17.2 Å². The molecule has 1 fully saturated rings. The minimum absolute atomic E-state index is 0.125. The summed E-state index contributed by atoms with van der Waals surface area (Å²) in [5, 5.41) is 8.68. The van der Waals surface area contributed by atoms with Crippen molar-refractivity contribution in [2.45, 2.75) is 45.1 Å². The number of hydrogen-bond donors (Lipinski definition) is 1. The first-order valence-electron chi connectivity index (χ1n) is 6.59. The van der Waals surface area contributed by atoms with Gasteiger partial charge in [-0.15, -0.1) is 0 Å². The molecule has 0 radical (unpaired) electrons. The van der Waals surface area contributed by atoms with E-state index in [9.17, 15) is 4.79 Å². The Hall–Kier alpha value is -1.35. The third-order valence-electron chi connectivity index (χ3n) is 3.44. The third kappa shape index (κ3) is 3.80. The summed E-state index contributed by atoms with van der Waals surface area (Å²) >= 11 is 5.95. The van der Waals surface area contributed by atoms with Crippen LogP contribution in [-0.4, -0.2) is 17.8 Å². The predicted molar refractivity (Wildman–Crippen MR) is 76.0 cm³/mol. The van der Waals surface area contributed by atoms with Crippen LogP contribution in [0.5, 0.6) is 0 Å². The molecule has 1 aliphatic rings. The molecule has 0 atom stereocenters. The van der Waals surface area contributed by atoms with Gasteiger partial charge >= 0.3 is 5.97 Å². The highest BCUT2D eigenvalue weighted by Crippen LogP contribution is 2.23. The number of hydrogen-bond acceptors (Lipinski definition) is 3. The van der Waals surface area contributed by atoms with E-state index < -0.39 is 0 Å². The zero-order chi connectivity index (χ0) is 13.8. The first-order chi connectivity index (χ1) is 9.06. The molecule has 0 aromatic heterocycles. The second kappa shape index (κ2) is 6.20. The summed E-state index contributed by atoms with van der Waals surface area (Å²) in [6.07, 6.45) is 3.93. The van der Waals surface area contributed by atoms with Crippen LogP contribution in [0.3, 0.4) is 0 Å². The minimum Gasteiger partial charge on any atom is -0.462 e. The van der Waals surface area contributed by atoms with Gasteiger partial charge in [-0.3, -0.25) is 4.79 Å². The molecule has 1 aliphatic carbocycles.